The van der Waals surface area contributed by atoms with E-state index in [1.807, 2.05) is 7.76 Å². The number of rotatable bonds is 6. The zero-order valence-corrected chi connectivity index (χ0v) is 21.0. The summed E-state index contributed by atoms with van der Waals surface area (Å²) in [5.74, 6) is 0. The molecule has 0 N–H and O–H groups in total. The molecule has 0 fully saturated rings. The van der Waals surface area contributed by atoms with Crippen LogP contribution in [0.1, 0.15) is 66.2 Å². The third-order valence-corrected chi connectivity index (χ3v) is 17.0. The summed E-state index contributed by atoms with van der Waals surface area (Å²) in [5, 5.41) is 5.33. The summed E-state index contributed by atoms with van der Waals surface area (Å²) >= 11 is -2.70. The number of halogens is 2. The second kappa shape index (κ2) is 8.91. The fourth-order valence-corrected chi connectivity index (χ4v) is 15.2. The van der Waals surface area contributed by atoms with Crippen LogP contribution < -0.4 is 0 Å². The Labute approximate surface area is 164 Å². The average Bonchev–Trinajstić information content (AvgIpc) is 2.95. The van der Waals surface area contributed by atoms with Crippen LogP contribution in [0.25, 0.3) is 0 Å². The molecule has 2 aliphatic carbocycles. The Hall–Kier alpha value is 0.471. The summed E-state index contributed by atoms with van der Waals surface area (Å²) in [4.78, 5) is 0. The van der Waals surface area contributed by atoms with Gasteiger partial charge in [0.15, 0.2) is 0 Å². The van der Waals surface area contributed by atoms with Gasteiger partial charge in [0.1, 0.15) is 0 Å². The molecule has 0 atom stereocenters. The normalized spacial score (nSPS) is 18.3. The topological polar surface area (TPSA) is 0 Å². The quantitative estimate of drug-likeness (QED) is 0.405. The molecule has 0 aromatic carbocycles. The van der Waals surface area contributed by atoms with Crippen LogP contribution in [0.15, 0.2) is 42.2 Å². The van der Waals surface area contributed by atoms with E-state index in [9.17, 15) is 0 Å². The van der Waals surface area contributed by atoms with Crippen molar-refractivity contribution in [3.8, 4) is 0 Å². The average molecular weight is 423 g/mol. The van der Waals surface area contributed by atoms with Crippen molar-refractivity contribution >= 4 is 32.4 Å². The molecule has 2 rings (SSSR count). The summed E-state index contributed by atoms with van der Waals surface area (Å²) in [7, 11) is 2.40. The number of hydrogen-bond acceptors (Lipinski definition) is 0. The van der Waals surface area contributed by atoms with Crippen molar-refractivity contribution in [3.05, 3.63) is 42.2 Å². The first-order valence-corrected chi connectivity index (χ1v) is 17.7. The van der Waals surface area contributed by atoms with Gasteiger partial charge in [-0.3, -0.25) is 0 Å². The molecule has 0 nitrogen and oxygen atoms in total. The first-order valence-electron chi connectivity index (χ1n) is 9.04. The molecule has 0 unspecified atom stereocenters. The SMILES string of the molecule is CCCC1=CC(C)=[C]([Ti]([CH3])([CH3])(=[SiH2])[C]2=C(C)C=C(CCC)C2)C1.Cl.Cl. The molecule has 0 amide bonds. The molecule has 4 heteroatoms. The Morgan fingerprint density at radius 1 is 0.833 bits per heavy atom. The van der Waals surface area contributed by atoms with E-state index < -0.39 is 14.0 Å². The molecule has 0 aromatic rings. The van der Waals surface area contributed by atoms with Crippen LogP contribution in [0, 0.1) is 0 Å². The van der Waals surface area contributed by atoms with Gasteiger partial charge in [0, 0.05) is 0 Å². The van der Waals surface area contributed by atoms with Gasteiger partial charge in [0.2, 0.25) is 0 Å². The van der Waals surface area contributed by atoms with Crippen molar-refractivity contribution in [3.63, 3.8) is 0 Å². The van der Waals surface area contributed by atoms with Crippen LogP contribution in [0.3, 0.4) is 0 Å². The second-order valence-corrected chi connectivity index (χ2v) is 27.5. The molecule has 138 valence electrons. The zero-order chi connectivity index (χ0) is 16.6. The fraction of sp³-hybridized carbons (Fsp3) is 0.600. The molecular formula is C20H36Cl2SiTi. The van der Waals surface area contributed by atoms with E-state index in [1.54, 1.807) is 22.3 Å². The minimum atomic E-state index is -2.70. The van der Waals surface area contributed by atoms with Gasteiger partial charge >= 0.3 is 141 Å². The summed E-state index contributed by atoms with van der Waals surface area (Å²) < 4.78 is 3.69. The van der Waals surface area contributed by atoms with E-state index in [-0.39, 0.29) is 24.8 Å². The van der Waals surface area contributed by atoms with Gasteiger partial charge in [-0.2, -0.15) is 0 Å². The van der Waals surface area contributed by atoms with Crippen molar-refractivity contribution in [2.45, 2.75) is 76.7 Å². The minimum absolute atomic E-state index is 0. The van der Waals surface area contributed by atoms with Gasteiger partial charge in [-0.15, -0.1) is 24.8 Å². The maximum absolute atomic E-state index is 2.70. The monoisotopic (exact) mass is 422 g/mol. The first-order chi connectivity index (χ1) is 10.2. The van der Waals surface area contributed by atoms with Crippen molar-refractivity contribution in [1.29, 1.82) is 0 Å². The van der Waals surface area contributed by atoms with E-state index in [2.05, 4.69) is 57.9 Å². The Balaban J connectivity index is 0.00000264. The summed E-state index contributed by atoms with van der Waals surface area (Å²) in [6, 6.07) is 0. The summed E-state index contributed by atoms with van der Waals surface area (Å²) in [5.41, 5.74) is 6.56. The maximum Gasteiger partial charge on any atom is -0.147 e. The summed E-state index contributed by atoms with van der Waals surface area (Å²) in [6.07, 6.45) is 12.7. The second-order valence-electron chi connectivity index (χ2n) is 8.47. The third kappa shape index (κ3) is 4.80. The molecular weight excluding hydrogens is 387 g/mol. The fourth-order valence-electron chi connectivity index (χ4n) is 4.60. The van der Waals surface area contributed by atoms with Crippen LogP contribution in [0.5, 0.6) is 0 Å². The van der Waals surface area contributed by atoms with Gasteiger partial charge < -0.3 is 0 Å². The van der Waals surface area contributed by atoms with Gasteiger partial charge in [0.25, 0.3) is 0 Å². The number of hydrogen-bond donors (Lipinski definition) is 0. The van der Waals surface area contributed by atoms with Gasteiger partial charge in [-0.05, 0) is 0 Å². The Bertz CT molecular complexity index is 620. The molecule has 0 aromatic heterocycles. The Morgan fingerprint density at radius 3 is 1.46 bits per heavy atom. The minimum Gasteiger partial charge on any atom is -0.147 e. The van der Waals surface area contributed by atoms with Crippen molar-refractivity contribution in [2.75, 3.05) is 0 Å². The Kier molecular flexibility index (Phi) is 9.09. The van der Waals surface area contributed by atoms with E-state index in [0.29, 0.717) is 0 Å². The van der Waals surface area contributed by atoms with E-state index in [0.717, 1.165) is 0 Å². The number of allylic oxidation sites excluding steroid dienone is 8. The van der Waals surface area contributed by atoms with Crippen molar-refractivity contribution in [2.24, 2.45) is 0 Å². The zero-order valence-electron chi connectivity index (χ0n) is 16.4. The third-order valence-electron chi connectivity index (χ3n) is 5.68. The molecule has 0 radical (unpaired) electrons. The molecule has 0 spiro atoms. The van der Waals surface area contributed by atoms with Crippen molar-refractivity contribution < 1.29 is 14.0 Å². The van der Waals surface area contributed by atoms with Crippen LogP contribution in [-0.4, -0.2) is 7.63 Å². The van der Waals surface area contributed by atoms with E-state index in [4.69, 9.17) is 0 Å². The van der Waals surface area contributed by atoms with Gasteiger partial charge in [-0.25, -0.2) is 0 Å². The molecule has 24 heavy (non-hydrogen) atoms. The Morgan fingerprint density at radius 2 is 1.17 bits per heavy atom. The van der Waals surface area contributed by atoms with Gasteiger partial charge in [-0.1, -0.05) is 0 Å². The maximum atomic E-state index is 2.67. The van der Waals surface area contributed by atoms with Crippen LogP contribution in [-0.2, 0) is 14.0 Å². The van der Waals surface area contributed by atoms with Gasteiger partial charge in [0.05, 0.1) is 0 Å². The van der Waals surface area contributed by atoms with E-state index >= 15 is 0 Å². The van der Waals surface area contributed by atoms with E-state index in [1.165, 1.54) is 38.5 Å². The van der Waals surface area contributed by atoms with Crippen LogP contribution in [0.2, 0.25) is 10.5 Å². The molecule has 2 aliphatic rings. The molecule has 0 aliphatic heterocycles. The van der Waals surface area contributed by atoms with Crippen LogP contribution >= 0.6 is 24.8 Å². The predicted molar refractivity (Wildman–Crippen MR) is 115 cm³/mol. The summed E-state index contributed by atoms with van der Waals surface area (Å²) in [6.45, 7) is 9.34. The molecule has 0 saturated carbocycles. The molecule has 0 bridgehead atoms. The van der Waals surface area contributed by atoms with Crippen LogP contribution in [0.4, 0.5) is 0 Å². The molecule has 0 heterocycles. The first kappa shape index (κ1) is 24.5. The predicted octanol–water partition coefficient (Wildman–Crippen LogP) is 6.97. The van der Waals surface area contributed by atoms with Crippen molar-refractivity contribution in [1.82, 2.24) is 0 Å². The standard InChI is InChI=1S/2C9H13.2CH3.2ClH.H2Si.Ti/c2*1-3-4-9-6-5-8(2)7-9;;;;;;/h2*7H,3-4,6H2,1-2H3;2*1H3;2*1H;1H2;. The largest absolute Gasteiger partial charge is 0.147 e. The molecule has 0 saturated heterocycles. The smallest absolute Gasteiger partial charge is 0.147 e.